The van der Waals surface area contributed by atoms with Gasteiger partial charge in [0.2, 0.25) is 11.8 Å². The Balaban J connectivity index is 1.69. The summed E-state index contributed by atoms with van der Waals surface area (Å²) in [6.45, 7) is 2.73. The van der Waals surface area contributed by atoms with Gasteiger partial charge in [-0.3, -0.25) is 9.59 Å². The number of rotatable bonds is 4. The van der Waals surface area contributed by atoms with Crippen molar-refractivity contribution in [1.82, 2.24) is 10.2 Å². The van der Waals surface area contributed by atoms with E-state index in [4.69, 9.17) is 0 Å². The van der Waals surface area contributed by atoms with E-state index in [1.54, 1.807) is 4.90 Å². The summed E-state index contributed by atoms with van der Waals surface area (Å²) in [6, 6.07) is 6.32. The molecule has 130 valence electrons. The minimum absolute atomic E-state index is 0.0400. The van der Waals surface area contributed by atoms with E-state index in [1.165, 1.54) is 19.1 Å². The van der Waals surface area contributed by atoms with E-state index in [2.05, 4.69) is 5.32 Å². The van der Waals surface area contributed by atoms with Crippen molar-refractivity contribution in [2.45, 2.75) is 56.9 Å². The zero-order valence-electron chi connectivity index (χ0n) is 14.2. The van der Waals surface area contributed by atoms with Crippen LogP contribution in [0, 0.1) is 5.82 Å². The third kappa shape index (κ3) is 3.30. The average Bonchev–Trinajstić information content (AvgIpc) is 3.23. The Kier molecular flexibility index (Phi) is 4.88. The molecular formula is C19H25FN2O2. The fourth-order valence-corrected chi connectivity index (χ4v) is 4.21. The largest absolute Gasteiger partial charge is 0.353 e. The third-order valence-electron chi connectivity index (χ3n) is 5.58. The van der Waals surface area contributed by atoms with Gasteiger partial charge in [-0.2, -0.15) is 0 Å². The lowest BCUT2D eigenvalue weighted by molar-refractivity contribution is -0.137. The first-order valence-electron chi connectivity index (χ1n) is 8.83. The van der Waals surface area contributed by atoms with Crippen molar-refractivity contribution in [3.8, 4) is 0 Å². The predicted octanol–water partition coefficient (Wildman–Crippen LogP) is 2.76. The molecule has 0 spiro atoms. The van der Waals surface area contributed by atoms with E-state index in [-0.39, 0.29) is 29.1 Å². The summed E-state index contributed by atoms with van der Waals surface area (Å²) in [5.74, 6) is -0.336. The van der Waals surface area contributed by atoms with Crippen LogP contribution in [0.2, 0.25) is 0 Å². The van der Waals surface area contributed by atoms with Gasteiger partial charge in [-0.15, -0.1) is 0 Å². The van der Waals surface area contributed by atoms with Gasteiger partial charge in [0.15, 0.2) is 0 Å². The van der Waals surface area contributed by atoms with Gasteiger partial charge in [0, 0.05) is 25.4 Å². The van der Waals surface area contributed by atoms with Crippen LogP contribution in [0.3, 0.4) is 0 Å². The van der Waals surface area contributed by atoms with E-state index in [0.29, 0.717) is 13.1 Å². The van der Waals surface area contributed by atoms with Gasteiger partial charge in [0.1, 0.15) is 11.9 Å². The first-order chi connectivity index (χ1) is 11.5. The molecule has 1 N–H and O–H groups in total. The Bertz CT molecular complexity index is 608. The lowest BCUT2D eigenvalue weighted by Crippen LogP contribution is -2.48. The molecule has 2 amide bonds. The first-order valence-corrected chi connectivity index (χ1v) is 8.83. The molecule has 3 rings (SSSR count). The number of likely N-dealkylation sites (tertiary alicyclic amines) is 1. The summed E-state index contributed by atoms with van der Waals surface area (Å²) in [5, 5.41) is 3.08. The van der Waals surface area contributed by atoms with E-state index in [1.807, 2.05) is 12.1 Å². The standard InChI is InChI=1S/C19H25FN2O2/c1-14(23)22-12-4-5-17(22)18(24)21-13-19(10-2-3-11-19)15-6-8-16(20)9-7-15/h6-9,17H,2-5,10-13H2,1H3,(H,21,24)/t17-/m1/s1. The number of hydrogen-bond donors (Lipinski definition) is 1. The Morgan fingerprint density at radius 3 is 2.50 bits per heavy atom. The molecule has 0 bridgehead atoms. The first kappa shape index (κ1) is 16.9. The van der Waals surface area contributed by atoms with Gasteiger partial charge in [-0.1, -0.05) is 25.0 Å². The van der Waals surface area contributed by atoms with Crippen LogP contribution in [0.25, 0.3) is 0 Å². The van der Waals surface area contributed by atoms with Crippen LogP contribution in [-0.4, -0.2) is 35.8 Å². The Hall–Kier alpha value is -1.91. The third-order valence-corrected chi connectivity index (χ3v) is 5.58. The Morgan fingerprint density at radius 2 is 1.88 bits per heavy atom. The molecule has 0 unspecified atom stereocenters. The summed E-state index contributed by atoms with van der Waals surface area (Å²) in [4.78, 5) is 25.9. The zero-order chi connectivity index (χ0) is 17.2. The maximum atomic E-state index is 13.2. The molecule has 5 heteroatoms. The molecule has 1 aromatic rings. The van der Waals surface area contributed by atoms with Crippen LogP contribution in [-0.2, 0) is 15.0 Å². The smallest absolute Gasteiger partial charge is 0.242 e. The molecular weight excluding hydrogens is 307 g/mol. The fraction of sp³-hybridized carbons (Fsp3) is 0.579. The van der Waals surface area contributed by atoms with Gasteiger partial charge < -0.3 is 10.2 Å². The van der Waals surface area contributed by atoms with Crippen LogP contribution in [0.15, 0.2) is 24.3 Å². The second-order valence-corrected chi connectivity index (χ2v) is 7.08. The molecule has 1 atom stereocenters. The lowest BCUT2D eigenvalue weighted by Gasteiger charge is -2.31. The SMILES string of the molecule is CC(=O)N1CCC[C@@H]1C(=O)NCC1(c2ccc(F)cc2)CCCC1. The van der Waals surface area contributed by atoms with Crippen LogP contribution in [0.4, 0.5) is 4.39 Å². The number of carbonyl (C=O) groups excluding carboxylic acids is 2. The molecule has 2 aliphatic rings. The van der Waals surface area contributed by atoms with Crippen LogP contribution in [0.1, 0.15) is 51.0 Å². The van der Waals surface area contributed by atoms with E-state index in [0.717, 1.165) is 44.1 Å². The van der Waals surface area contributed by atoms with Crippen molar-refractivity contribution in [1.29, 1.82) is 0 Å². The summed E-state index contributed by atoms with van der Waals surface area (Å²) in [6.07, 6.45) is 5.85. The van der Waals surface area contributed by atoms with E-state index >= 15 is 0 Å². The summed E-state index contributed by atoms with van der Waals surface area (Å²) in [5.41, 5.74) is 0.986. The maximum Gasteiger partial charge on any atom is 0.242 e. The Morgan fingerprint density at radius 1 is 1.21 bits per heavy atom. The van der Waals surface area contributed by atoms with Crippen molar-refractivity contribution in [3.63, 3.8) is 0 Å². The minimum Gasteiger partial charge on any atom is -0.353 e. The topological polar surface area (TPSA) is 49.4 Å². The maximum absolute atomic E-state index is 13.2. The fourth-order valence-electron chi connectivity index (χ4n) is 4.21. The zero-order valence-corrected chi connectivity index (χ0v) is 14.2. The number of carbonyl (C=O) groups is 2. The molecule has 0 aromatic heterocycles. The molecule has 1 aliphatic carbocycles. The highest BCUT2D eigenvalue weighted by atomic mass is 19.1. The quantitative estimate of drug-likeness (QED) is 0.922. The van der Waals surface area contributed by atoms with Crippen molar-refractivity contribution >= 4 is 11.8 Å². The van der Waals surface area contributed by atoms with Gasteiger partial charge in [0.05, 0.1) is 0 Å². The van der Waals surface area contributed by atoms with Gasteiger partial charge in [-0.05, 0) is 43.4 Å². The molecule has 0 radical (unpaired) electrons. The second kappa shape index (κ2) is 6.91. The van der Waals surface area contributed by atoms with Gasteiger partial charge in [-0.25, -0.2) is 4.39 Å². The van der Waals surface area contributed by atoms with Gasteiger partial charge in [0.25, 0.3) is 0 Å². The van der Waals surface area contributed by atoms with Crippen LogP contribution < -0.4 is 5.32 Å². The number of benzene rings is 1. The summed E-state index contributed by atoms with van der Waals surface area (Å²) in [7, 11) is 0. The minimum atomic E-state index is -0.339. The number of hydrogen-bond acceptors (Lipinski definition) is 2. The highest BCUT2D eigenvalue weighted by Gasteiger charge is 2.38. The van der Waals surface area contributed by atoms with Crippen molar-refractivity contribution < 1.29 is 14.0 Å². The molecule has 1 aromatic carbocycles. The highest BCUT2D eigenvalue weighted by molar-refractivity contribution is 5.87. The van der Waals surface area contributed by atoms with Crippen molar-refractivity contribution in [2.75, 3.05) is 13.1 Å². The number of amides is 2. The summed E-state index contributed by atoms with van der Waals surface area (Å²) < 4.78 is 13.2. The van der Waals surface area contributed by atoms with E-state index < -0.39 is 0 Å². The van der Waals surface area contributed by atoms with Crippen molar-refractivity contribution in [3.05, 3.63) is 35.6 Å². The second-order valence-electron chi connectivity index (χ2n) is 7.08. The highest BCUT2D eigenvalue weighted by Crippen LogP contribution is 2.40. The van der Waals surface area contributed by atoms with E-state index in [9.17, 15) is 14.0 Å². The predicted molar refractivity (Wildman–Crippen MR) is 90.0 cm³/mol. The molecule has 2 fully saturated rings. The molecule has 4 nitrogen and oxygen atoms in total. The van der Waals surface area contributed by atoms with Gasteiger partial charge >= 0.3 is 0 Å². The van der Waals surface area contributed by atoms with Crippen molar-refractivity contribution in [2.24, 2.45) is 0 Å². The Labute approximate surface area is 142 Å². The molecule has 1 heterocycles. The average molecular weight is 332 g/mol. The number of nitrogens with one attached hydrogen (secondary N) is 1. The molecule has 1 saturated heterocycles. The number of halogens is 1. The normalized spacial score (nSPS) is 22.6. The summed E-state index contributed by atoms with van der Waals surface area (Å²) >= 11 is 0. The van der Waals surface area contributed by atoms with Crippen LogP contribution >= 0.6 is 0 Å². The van der Waals surface area contributed by atoms with Crippen LogP contribution in [0.5, 0.6) is 0 Å². The lowest BCUT2D eigenvalue weighted by atomic mass is 9.78. The monoisotopic (exact) mass is 332 g/mol. The molecule has 24 heavy (non-hydrogen) atoms. The molecule has 1 aliphatic heterocycles. The number of nitrogens with zero attached hydrogens (tertiary/aromatic N) is 1. The molecule has 1 saturated carbocycles.